The van der Waals surface area contributed by atoms with Crippen molar-refractivity contribution in [2.45, 2.75) is 26.8 Å². The summed E-state index contributed by atoms with van der Waals surface area (Å²) in [6.45, 7) is 5.66. The first-order chi connectivity index (χ1) is 14.0. The Hall–Kier alpha value is -3.74. The molecular formula is C22H21N5O2. The van der Waals surface area contributed by atoms with E-state index >= 15 is 0 Å². The summed E-state index contributed by atoms with van der Waals surface area (Å²) in [4.78, 5) is 28.7. The molecule has 146 valence electrons. The Bertz CT molecular complexity index is 1310. The normalized spacial score (nSPS) is 11.7. The van der Waals surface area contributed by atoms with Gasteiger partial charge in [-0.15, -0.1) is 0 Å². The van der Waals surface area contributed by atoms with Gasteiger partial charge in [-0.2, -0.15) is 10.2 Å². The summed E-state index contributed by atoms with van der Waals surface area (Å²) >= 11 is 0. The number of aromatic amines is 1. The minimum Gasteiger partial charge on any atom is -0.358 e. The van der Waals surface area contributed by atoms with Gasteiger partial charge in [0.2, 0.25) is 0 Å². The first kappa shape index (κ1) is 18.6. The van der Waals surface area contributed by atoms with E-state index in [2.05, 4.69) is 20.6 Å². The molecule has 4 aromatic rings. The number of para-hydroxylation sites is 1. The third kappa shape index (κ3) is 3.31. The van der Waals surface area contributed by atoms with Crippen molar-refractivity contribution in [3.63, 3.8) is 0 Å². The number of carbonyl (C=O) groups is 1. The maximum absolute atomic E-state index is 12.8. The fourth-order valence-corrected chi connectivity index (χ4v) is 3.40. The number of hydrazone groups is 1. The number of hydrogen-bond acceptors (Lipinski definition) is 4. The molecule has 4 rings (SSSR count). The SMILES string of the molecule is Cc1[nH]c2ccccc2c1/C=N/NC(=O)c1nn(C(C)C)c(=O)c2ccccc12. The van der Waals surface area contributed by atoms with Crippen molar-refractivity contribution in [2.75, 3.05) is 0 Å². The predicted molar refractivity (Wildman–Crippen MR) is 114 cm³/mol. The van der Waals surface area contributed by atoms with Crippen molar-refractivity contribution in [2.24, 2.45) is 5.10 Å². The van der Waals surface area contributed by atoms with E-state index in [4.69, 9.17) is 0 Å². The molecule has 0 aliphatic carbocycles. The van der Waals surface area contributed by atoms with Crippen molar-refractivity contribution < 1.29 is 4.79 Å². The number of aromatic nitrogens is 3. The lowest BCUT2D eigenvalue weighted by Gasteiger charge is -2.12. The largest absolute Gasteiger partial charge is 0.358 e. The van der Waals surface area contributed by atoms with Crippen molar-refractivity contribution >= 4 is 33.8 Å². The first-order valence-corrected chi connectivity index (χ1v) is 9.39. The minimum absolute atomic E-state index is 0.168. The van der Waals surface area contributed by atoms with Crippen LogP contribution in [0, 0.1) is 6.92 Å². The van der Waals surface area contributed by atoms with E-state index in [0.29, 0.717) is 10.8 Å². The van der Waals surface area contributed by atoms with Gasteiger partial charge in [0.05, 0.1) is 17.6 Å². The van der Waals surface area contributed by atoms with Crippen LogP contribution in [0.25, 0.3) is 21.7 Å². The quantitative estimate of drug-likeness (QED) is 0.414. The summed E-state index contributed by atoms with van der Waals surface area (Å²) in [6, 6.07) is 14.7. The molecule has 7 heteroatoms. The minimum atomic E-state index is -0.468. The molecule has 0 aliphatic rings. The van der Waals surface area contributed by atoms with E-state index in [1.807, 2.05) is 45.0 Å². The molecular weight excluding hydrogens is 366 g/mol. The molecule has 0 bridgehead atoms. The lowest BCUT2D eigenvalue weighted by atomic mass is 10.1. The molecule has 2 heterocycles. The van der Waals surface area contributed by atoms with E-state index in [1.54, 1.807) is 30.5 Å². The number of benzene rings is 2. The van der Waals surface area contributed by atoms with Crippen molar-refractivity contribution in [1.29, 1.82) is 0 Å². The molecule has 0 saturated heterocycles. The number of aryl methyl sites for hydroxylation is 1. The van der Waals surface area contributed by atoms with Gasteiger partial charge in [-0.05, 0) is 32.9 Å². The molecule has 0 atom stereocenters. The van der Waals surface area contributed by atoms with Crippen LogP contribution in [0.2, 0.25) is 0 Å². The number of H-pyrrole nitrogens is 1. The van der Waals surface area contributed by atoms with E-state index in [9.17, 15) is 9.59 Å². The van der Waals surface area contributed by atoms with Crippen molar-refractivity contribution in [3.05, 3.63) is 75.8 Å². The number of amides is 1. The van der Waals surface area contributed by atoms with Crippen LogP contribution in [-0.4, -0.2) is 26.9 Å². The fourth-order valence-electron chi connectivity index (χ4n) is 3.40. The van der Waals surface area contributed by atoms with Crippen LogP contribution >= 0.6 is 0 Å². The van der Waals surface area contributed by atoms with E-state index in [-0.39, 0.29) is 17.3 Å². The van der Waals surface area contributed by atoms with Gasteiger partial charge in [0, 0.05) is 27.5 Å². The van der Waals surface area contributed by atoms with Gasteiger partial charge in [0.15, 0.2) is 5.69 Å². The van der Waals surface area contributed by atoms with Gasteiger partial charge in [-0.1, -0.05) is 36.4 Å². The second-order valence-electron chi connectivity index (χ2n) is 7.15. The predicted octanol–water partition coefficient (Wildman–Crippen LogP) is 3.53. The maximum atomic E-state index is 12.8. The van der Waals surface area contributed by atoms with Crippen LogP contribution in [0.5, 0.6) is 0 Å². The summed E-state index contributed by atoms with van der Waals surface area (Å²) in [5.41, 5.74) is 5.37. The summed E-state index contributed by atoms with van der Waals surface area (Å²) in [6.07, 6.45) is 1.62. The first-order valence-electron chi connectivity index (χ1n) is 9.39. The number of rotatable bonds is 4. The lowest BCUT2D eigenvalue weighted by molar-refractivity contribution is 0.0949. The number of fused-ring (bicyclic) bond motifs is 2. The highest BCUT2D eigenvalue weighted by molar-refractivity contribution is 6.05. The monoisotopic (exact) mass is 387 g/mol. The van der Waals surface area contributed by atoms with E-state index in [1.165, 1.54) is 4.68 Å². The molecule has 2 aromatic carbocycles. The van der Waals surface area contributed by atoms with E-state index in [0.717, 1.165) is 22.2 Å². The van der Waals surface area contributed by atoms with Gasteiger partial charge in [0.25, 0.3) is 11.5 Å². The van der Waals surface area contributed by atoms with Gasteiger partial charge in [-0.25, -0.2) is 10.1 Å². The molecule has 0 fully saturated rings. The van der Waals surface area contributed by atoms with Crippen LogP contribution in [-0.2, 0) is 0 Å². The highest BCUT2D eigenvalue weighted by Crippen LogP contribution is 2.20. The highest BCUT2D eigenvalue weighted by Gasteiger charge is 2.17. The van der Waals surface area contributed by atoms with Crippen LogP contribution in [0.3, 0.4) is 0 Å². The molecule has 29 heavy (non-hydrogen) atoms. The Labute approximate surface area is 167 Å². The molecule has 0 spiro atoms. The molecule has 1 amide bonds. The Morgan fingerprint density at radius 2 is 1.76 bits per heavy atom. The smallest absolute Gasteiger partial charge is 0.292 e. The van der Waals surface area contributed by atoms with Gasteiger partial charge >= 0.3 is 0 Å². The summed E-state index contributed by atoms with van der Waals surface area (Å²) in [5.74, 6) is -0.468. The zero-order valence-electron chi connectivity index (χ0n) is 16.4. The molecule has 0 radical (unpaired) electrons. The second kappa shape index (κ2) is 7.35. The van der Waals surface area contributed by atoms with Gasteiger partial charge in [0.1, 0.15) is 0 Å². The zero-order valence-corrected chi connectivity index (χ0v) is 16.4. The second-order valence-corrected chi connectivity index (χ2v) is 7.15. The standard InChI is InChI=1S/C22H21N5O2/c1-13(2)27-22(29)17-10-5-4-9-16(17)20(26-27)21(28)25-23-12-18-14(3)24-19-11-7-6-8-15(18)19/h4-13,24H,1-3H3,(H,25,28)/b23-12+. The van der Waals surface area contributed by atoms with Crippen LogP contribution in [0.4, 0.5) is 0 Å². The molecule has 2 N–H and O–H groups in total. The maximum Gasteiger partial charge on any atom is 0.292 e. The third-order valence-electron chi connectivity index (χ3n) is 4.84. The Kier molecular flexibility index (Phi) is 4.72. The van der Waals surface area contributed by atoms with Crippen LogP contribution in [0.15, 0.2) is 58.4 Å². The molecule has 2 aromatic heterocycles. The van der Waals surface area contributed by atoms with Crippen molar-refractivity contribution in [3.8, 4) is 0 Å². The summed E-state index contributed by atoms with van der Waals surface area (Å²) in [5, 5.41) is 10.4. The Morgan fingerprint density at radius 3 is 2.48 bits per heavy atom. The molecule has 7 nitrogen and oxygen atoms in total. The molecule has 0 unspecified atom stereocenters. The Balaban J connectivity index is 1.69. The topological polar surface area (TPSA) is 92.1 Å². The number of nitrogens with zero attached hydrogens (tertiary/aromatic N) is 3. The zero-order chi connectivity index (χ0) is 20.5. The van der Waals surface area contributed by atoms with Crippen LogP contribution in [0.1, 0.15) is 41.6 Å². The molecule has 0 aliphatic heterocycles. The molecule has 0 saturated carbocycles. The van der Waals surface area contributed by atoms with Crippen molar-refractivity contribution in [1.82, 2.24) is 20.2 Å². The number of nitrogens with one attached hydrogen (secondary N) is 2. The Morgan fingerprint density at radius 1 is 1.10 bits per heavy atom. The number of carbonyl (C=O) groups excluding carboxylic acids is 1. The van der Waals surface area contributed by atoms with E-state index < -0.39 is 5.91 Å². The summed E-state index contributed by atoms with van der Waals surface area (Å²) < 4.78 is 1.32. The van der Waals surface area contributed by atoms with Crippen LogP contribution < -0.4 is 11.0 Å². The number of hydrogen-bond donors (Lipinski definition) is 2. The summed E-state index contributed by atoms with van der Waals surface area (Å²) in [7, 11) is 0. The van der Waals surface area contributed by atoms with Gasteiger partial charge in [-0.3, -0.25) is 9.59 Å². The highest BCUT2D eigenvalue weighted by atomic mass is 16.2. The fraction of sp³-hybridized carbons (Fsp3) is 0.182. The average Bonchev–Trinajstić information content (AvgIpc) is 3.03. The van der Waals surface area contributed by atoms with Gasteiger partial charge < -0.3 is 4.98 Å². The third-order valence-corrected chi connectivity index (χ3v) is 4.84. The lowest BCUT2D eigenvalue weighted by Crippen LogP contribution is -2.30. The average molecular weight is 387 g/mol.